The maximum absolute atomic E-state index is 13.1. The van der Waals surface area contributed by atoms with E-state index < -0.39 is 0 Å². The number of halogens is 1. The summed E-state index contributed by atoms with van der Waals surface area (Å²) in [6, 6.07) is 19.0. The summed E-state index contributed by atoms with van der Waals surface area (Å²) in [5.41, 5.74) is 2.55. The second-order valence-electron chi connectivity index (χ2n) is 7.83. The predicted molar refractivity (Wildman–Crippen MR) is 106 cm³/mol. The van der Waals surface area contributed by atoms with E-state index in [1.807, 2.05) is 12.1 Å². The van der Waals surface area contributed by atoms with Crippen molar-refractivity contribution in [3.8, 4) is 0 Å². The van der Waals surface area contributed by atoms with Gasteiger partial charge in [-0.3, -0.25) is 4.90 Å². The Morgan fingerprint density at radius 3 is 2.23 bits per heavy atom. The topological polar surface area (TPSA) is 15.3 Å². The maximum Gasteiger partial charge on any atom is 0.123 e. The summed E-state index contributed by atoms with van der Waals surface area (Å²) in [5, 5.41) is 3.58. The Labute approximate surface area is 156 Å². The Hall–Kier alpha value is -1.87. The molecule has 2 aliphatic rings. The lowest BCUT2D eigenvalue weighted by molar-refractivity contribution is 0.109. The van der Waals surface area contributed by atoms with Crippen LogP contribution in [0.2, 0.25) is 0 Å². The largest absolute Gasteiger partial charge is 0.382 e. The fourth-order valence-electron chi connectivity index (χ4n) is 4.79. The Bertz CT molecular complexity index is 677. The first kappa shape index (κ1) is 17.5. The van der Waals surface area contributed by atoms with Crippen LogP contribution in [0.5, 0.6) is 0 Å². The van der Waals surface area contributed by atoms with E-state index in [0.717, 1.165) is 31.6 Å². The lowest BCUT2D eigenvalue weighted by Crippen LogP contribution is -2.47. The normalized spacial score (nSPS) is 25.1. The summed E-state index contributed by atoms with van der Waals surface area (Å²) in [6.07, 6.45) is 7.70. The van der Waals surface area contributed by atoms with Crippen molar-refractivity contribution in [3.05, 3.63) is 66.0 Å². The van der Waals surface area contributed by atoms with Crippen LogP contribution in [0.4, 0.5) is 10.1 Å². The Morgan fingerprint density at radius 1 is 0.808 bits per heavy atom. The third-order valence-corrected chi connectivity index (χ3v) is 6.17. The molecule has 26 heavy (non-hydrogen) atoms. The van der Waals surface area contributed by atoms with Crippen molar-refractivity contribution >= 4 is 5.69 Å². The number of rotatable bonds is 4. The second-order valence-corrected chi connectivity index (χ2v) is 7.83. The third kappa shape index (κ3) is 4.09. The van der Waals surface area contributed by atoms with Crippen molar-refractivity contribution in [2.24, 2.45) is 0 Å². The standard InChI is InChI=1S/C23H29FN2/c24-19-10-12-20(13-11-19)25-21-14-16-26(17-15-21)23-9-5-4-8-22(23)18-6-2-1-3-7-18/h1-3,6-7,10-13,21-23,25H,4-5,8-9,14-17H2/t22-,23-/m1/s1. The smallest absolute Gasteiger partial charge is 0.123 e. The molecular weight excluding hydrogens is 323 g/mol. The molecule has 0 unspecified atom stereocenters. The summed E-state index contributed by atoms with van der Waals surface area (Å²) < 4.78 is 13.1. The molecule has 1 aliphatic heterocycles. The summed E-state index contributed by atoms with van der Waals surface area (Å²) >= 11 is 0. The number of hydrogen-bond donors (Lipinski definition) is 1. The van der Waals surface area contributed by atoms with Gasteiger partial charge in [-0.05, 0) is 61.4 Å². The molecule has 2 nitrogen and oxygen atoms in total. The van der Waals surface area contributed by atoms with Crippen LogP contribution in [0.1, 0.15) is 50.0 Å². The average molecular weight is 352 g/mol. The molecule has 1 saturated carbocycles. The van der Waals surface area contributed by atoms with Gasteiger partial charge in [-0.1, -0.05) is 43.2 Å². The van der Waals surface area contributed by atoms with Gasteiger partial charge in [-0.25, -0.2) is 4.39 Å². The minimum absolute atomic E-state index is 0.172. The van der Waals surface area contributed by atoms with E-state index in [9.17, 15) is 4.39 Å². The quantitative estimate of drug-likeness (QED) is 0.789. The summed E-state index contributed by atoms with van der Waals surface area (Å²) in [6.45, 7) is 2.32. The molecule has 1 saturated heterocycles. The van der Waals surface area contributed by atoms with Crippen LogP contribution in [0.15, 0.2) is 54.6 Å². The zero-order valence-electron chi connectivity index (χ0n) is 15.4. The number of benzene rings is 2. The number of anilines is 1. The van der Waals surface area contributed by atoms with Crippen LogP contribution in [0.25, 0.3) is 0 Å². The van der Waals surface area contributed by atoms with E-state index in [1.165, 1.54) is 43.4 Å². The Morgan fingerprint density at radius 2 is 1.50 bits per heavy atom. The molecule has 2 atom stereocenters. The molecule has 0 radical (unpaired) electrons. The van der Waals surface area contributed by atoms with Crippen molar-refractivity contribution in [1.29, 1.82) is 0 Å². The first-order valence-corrected chi connectivity index (χ1v) is 10.1. The van der Waals surface area contributed by atoms with Crippen LogP contribution < -0.4 is 5.32 Å². The molecule has 1 N–H and O–H groups in total. The lowest BCUT2D eigenvalue weighted by atomic mass is 9.78. The van der Waals surface area contributed by atoms with E-state index in [2.05, 4.69) is 40.5 Å². The van der Waals surface area contributed by atoms with Crippen LogP contribution in [-0.2, 0) is 0 Å². The first-order valence-electron chi connectivity index (χ1n) is 10.1. The van der Waals surface area contributed by atoms with E-state index >= 15 is 0 Å². The molecule has 4 rings (SSSR count). The van der Waals surface area contributed by atoms with Gasteiger partial charge >= 0.3 is 0 Å². The summed E-state index contributed by atoms with van der Waals surface area (Å²) in [7, 11) is 0. The van der Waals surface area contributed by atoms with Gasteiger partial charge in [0, 0.05) is 30.9 Å². The molecular formula is C23H29FN2. The van der Waals surface area contributed by atoms with Gasteiger partial charge in [-0.15, -0.1) is 0 Å². The van der Waals surface area contributed by atoms with Crippen LogP contribution in [-0.4, -0.2) is 30.1 Å². The number of nitrogens with one attached hydrogen (secondary N) is 1. The number of piperidine rings is 1. The molecule has 0 amide bonds. The molecule has 0 bridgehead atoms. The van der Waals surface area contributed by atoms with Crippen molar-refractivity contribution in [2.75, 3.05) is 18.4 Å². The Balaban J connectivity index is 1.36. The third-order valence-electron chi connectivity index (χ3n) is 6.17. The fourth-order valence-corrected chi connectivity index (χ4v) is 4.79. The molecule has 2 aromatic rings. The van der Waals surface area contributed by atoms with Crippen molar-refractivity contribution in [1.82, 2.24) is 4.90 Å². The predicted octanol–water partition coefficient (Wildman–Crippen LogP) is 5.43. The molecule has 0 aromatic heterocycles. The van der Waals surface area contributed by atoms with E-state index in [4.69, 9.17) is 0 Å². The number of hydrogen-bond acceptors (Lipinski definition) is 2. The molecule has 1 heterocycles. The van der Waals surface area contributed by atoms with Gasteiger partial charge in [-0.2, -0.15) is 0 Å². The highest BCUT2D eigenvalue weighted by Gasteiger charge is 2.33. The van der Waals surface area contributed by atoms with E-state index in [0.29, 0.717) is 18.0 Å². The molecule has 3 heteroatoms. The molecule has 1 aliphatic carbocycles. The lowest BCUT2D eigenvalue weighted by Gasteiger charge is -2.44. The van der Waals surface area contributed by atoms with E-state index in [1.54, 1.807) is 0 Å². The maximum atomic E-state index is 13.1. The van der Waals surface area contributed by atoms with Crippen LogP contribution in [0.3, 0.4) is 0 Å². The number of nitrogens with zero attached hydrogens (tertiary/aromatic N) is 1. The van der Waals surface area contributed by atoms with E-state index in [-0.39, 0.29) is 5.82 Å². The van der Waals surface area contributed by atoms with Crippen LogP contribution >= 0.6 is 0 Å². The zero-order chi connectivity index (χ0) is 17.8. The van der Waals surface area contributed by atoms with Crippen molar-refractivity contribution in [3.63, 3.8) is 0 Å². The van der Waals surface area contributed by atoms with Gasteiger partial charge in [0.1, 0.15) is 5.82 Å². The summed E-state index contributed by atoms with van der Waals surface area (Å²) in [4.78, 5) is 2.74. The summed E-state index contributed by atoms with van der Waals surface area (Å²) in [5.74, 6) is 0.515. The second kappa shape index (κ2) is 8.22. The minimum Gasteiger partial charge on any atom is -0.382 e. The average Bonchev–Trinajstić information content (AvgIpc) is 2.71. The highest BCUT2D eigenvalue weighted by molar-refractivity contribution is 5.43. The van der Waals surface area contributed by atoms with Gasteiger partial charge in [0.15, 0.2) is 0 Å². The molecule has 138 valence electrons. The number of likely N-dealkylation sites (tertiary alicyclic amines) is 1. The fraction of sp³-hybridized carbons (Fsp3) is 0.478. The van der Waals surface area contributed by atoms with Gasteiger partial charge in [0.05, 0.1) is 0 Å². The van der Waals surface area contributed by atoms with Crippen LogP contribution in [0, 0.1) is 5.82 Å². The van der Waals surface area contributed by atoms with Crippen molar-refractivity contribution < 1.29 is 4.39 Å². The molecule has 2 aromatic carbocycles. The zero-order valence-corrected chi connectivity index (χ0v) is 15.4. The molecule has 2 fully saturated rings. The minimum atomic E-state index is -0.172. The Kier molecular flexibility index (Phi) is 5.54. The van der Waals surface area contributed by atoms with Gasteiger partial charge < -0.3 is 5.32 Å². The SMILES string of the molecule is Fc1ccc(NC2CCN([C@@H]3CCCC[C@@H]3c3ccccc3)CC2)cc1. The monoisotopic (exact) mass is 352 g/mol. The van der Waals surface area contributed by atoms with Gasteiger partial charge in [0.25, 0.3) is 0 Å². The highest BCUT2D eigenvalue weighted by atomic mass is 19.1. The first-order chi connectivity index (χ1) is 12.8. The molecule has 0 spiro atoms. The highest BCUT2D eigenvalue weighted by Crippen LogP contribution is 2.37. The van der Waals surface area contributed by atoms with Gasteiger partial charge in [0.2, 0.25) is 0 Å². The van der Waals surface area contributed by atoms with Crippen molar-refractivity contribution in [2.45, 2.75) is 56.5 Å².